The van der Waals surface area contributed by atoms with Gasteiger partial charge < -0.3 is 10.1 Å². The minimum absolute atomic E-state index is 0.310. The van der Waals surface area contributed by atoms with Crippen molar-refractivity contribution in [1.29, 1.82) is 0 Å². The number of hydrogen-bond donors (Lipinski definition) is 1. The topological polar surface area (TPSA) is 21.3 Å². The van der Waals surface area contributed by atoms with Crippen LogP contribution in [0, 0.1) is 5.82 Å². The molecule has 4 heteroatoms. The Morgan fingerprint density at radius 1 is 1.44 bits per heavy atom. The van der Waals surface area contributed by atoms with Gasteiger partial charge in [-0.2, -0.15) is 0 Å². The number of ether oxygens (including phenoxy) is 1. The summed E-state index contributed by atoms with van der Waals surface area (Å²) < 4.78 is 18.5. The molecule has 1 aliphatic rings. The van der Waals surface area contributed by atoms with E-state index in [1.165, 1.54) is 12.1 Å². The van der Waals surface area contributed by atoms with Gasteiger partial charge in [-0.3, -0.25) is 0 Å². The van der Waals surface area contributed by atoms with Crippen molar-refractivity contribution in [3.63, 3.8) is 0 Å². The number of anilines is 1. The van der Waals surface area contributed by atoms with Gasteiger partial charge in [0.15, 0.2) is 0 Å². The third-order valence-corrected chi connectivity index (χ3v) is 2.95. The van der Waals surface area contributed by atoms with Crippen LogP contribution in [0.25, 0.3) is 0 Å². The molecule has 0 amide bonds. The van der Waals surface area contributed by atoms with Crippen LogP contribution in [0.15, 0.2) is 18.2 Å². The van der Waals surface area contributed by atoms with E-state index in [-0.39, 0.29) is 5.82 Å². The van der Waals surface area contributed by atoms with Crippen LogP contribution < -0.4 is 5.32 Å². The van der Waals surface area contributed by atoms with Gasteiger partial charge in [-0.05, 0) is 38.0 Å². The fourth-order valence-corrected chi connectivity index (χ4v) is 2.15. The first-order valence-corrected chi connectivity index (χ1v) is 5.89. The molecular formula is C12H15ClFNO. The maximum Gasteiger partial charge on any atom is 0.126 e. The highest BCUT2D eigenvalue weighted by molar-refractivity contribution is 6.30. The van der Waals surface area contributed by atoms with E-state index in [4.69, 9.17) is 16.3 Å². The summed E-state index contributed by atoms with van der Waals surface area (Å²) >= 11 is 5.77. The maximum absolute atomic E-state index is 13.0. The lowest BCUT2D eigenvalue weighted by molar-refractivity contribution is 0.00299. The van der Waals surface area contributed by atoms with Crippen LogP contribution in [-0.2, 0) is 4.74 Å². The van der Waals surface area contributed by atoms with Gasteiger partial charge in [0.05, 0.1) is 6.10 Å². The second-order valence-electron chi connectivity index (χ2n) is 4.05. The molecule has 2 nitrogen and oxygen atoms in total. The highest BCUT2D eigenvalue weighted by Crippen LogP contribution is 2.28. The number of benzene rings is 1. The molecule has 1 aromatic rings. The summed E-state index contributed by atoms with van der Waals surface area (Å²) in [6.45, 7) is 2.75. The molecule has 1 fully saturated rings. The maximum atomic E-state index is 13.0. The molecule has 0 aliphatic heterocycles. The molecule has 16 heavy (non-hydrogen) atoms. The van der Waals surface area contributed by atoms with Gasteiger partial charge in [-0.15, -0.1) is 0 Å². The number of halogens is 2. The van der Waals surface area contributed by atoms with Crippen LogP contribution in [0.1, 0.15) is 19.8 Å². The molecule has 0 radical (unpaired) electrons. The molecule has 0 bridgehead atoms. The Bertz CT molecular complexity index is 346. The molecule has 0 heterocycles. The van der Waals surface area contributed by atoms with Gasteiger partial charge in [0.2, 0.25) is 0 Å². The first kappa shape index (κ1) is 11.7. The first-order valence-electron chi connectivity index (χ1n) is 5.51. The van der Waals surface area contributed by atoms with Crippen molar-refractivity contribution in [2.45, 2.75) is 31.9 Å². The first-order chi connectivity index (χ1) is 7.67. The van der Waals surface area contributed by atoms with E-state index < -0.39 is 0 Å². The Morgan fingerprint density at radius 3 is 2.81 bits per heavy atom. The predicted octanol–water partition coefficient (Wildman–Crippen LogP) is 3.46. The van der Waals surface area contributed by atoms with Crippen LogP contribution in [0.4, 0.5) is 10.1 Å². The minimum atomic E-state index is -0.310. The minimum Gasteiger partial charge on any atom is -0.382 e. The summed E-state index contributed by atoms with van der Waals surface area (Å²) in [6, 6.07) is 4.86. The zero-order chi connectivity index (χ0) is 11.5. The number of nitrogens with one attached hydrogen (secondary N) is 1. The molecule has 1 aliphatic carbocycles. The van der Waals surface area contributed by atoms with Gasteiger partial charge in [0, 0.05) is 23.4 Å². The van der Waals surface area contributed by atoms with Crippen molar-refractivity contribution >= 4 is 17.3 Å². The van der Waals surface area contributed by atoms with Crippen molar-refractivity contribution in [1.82, 2.24) is 0 Å². The average molecular weight is 244 g/mol. The van der Waals surface area contributed by atoms with Gasteiger partial charge in [0.25, 0.3) is 0 Å². The Labute approximate surface area is 99.7 Å². The Balaban J connectivity index is 1.86. The summed E-state index contributed by atoms with van der Waals surface area (Å²) in [7, 11) is 0. The van der Waals surface area contributed by atoms with E-state index in [0.29, 0.717) is 17.2 Å². The van der Waals surface area contributed by atoms with Gasteiger partial charge in [0.1, 0.15) is 5.82 Å². The molecule has 0 unspecified atom stereocenters. The largest absolute Gasteiger partial charge is 0.382 e. The summed E-state index contributed by atoms with van der Waals surface area (Å²) in [5.41, 5.74) is 0.741. The van der Waals surface area contributed by atoms with Crippen LogP contribution in [0.5, 0.6) is 0 Å². The number of rotatable bonds is 4. The summed E-state index contributed by atoms with van der Waals surface area (Å²) in [5, 5.41) is 3.66. The van der Waals surface area contributed by atoms with Gasteiger partial charge in [-0.25, -0.2) is 4.39 Å². The fourth-order valence-electron chi connectivity index (χ4n) is 1.93. The molecule has 0 aromatic heterocycles. The van der Waals surface area contributed by atoms with E-state index in [1.54, 1.807) is 6.07 Å². The van der Waals surface area contributed by atoms with Crippen LogP contribution in [0.2, 0.25) is 5.02 Å². The van der Waals surface area contributed by atoms with E-state index in [1.807, 2.05) is 6.92 Å². The quantitative estimate of drug-likeness (QED) is 0.875. The highest BCUT2D eigenvalue weighted by Gasteiger charge is 2.29. The molecule has 1 aromatic carbocycles. The van der Waals surface area contributed by atoms with Crippen molar-refractivity contribution in [2.75, 3.05) is 11.9 Å². The van der Waals surface area contributed by atoms with Crippen LogP contribution in [-0.4, -0.2) is 18.8 Å². The molecule has 1 N–H and O–H groups in total. The molecule has 0 spiro atoms. The molecule has 1 saturated carbocycles. The standard InChI is InChI=1S/C12H15ClFNO/c1-2-16-12-6-11(7-12)15-10-4-8(13)3-9(14)5-10/h3-5,11-12,15H,2,6-7H2,1H3. The van der Waals surface area contributed by atoms with Crippen LogP contribution in [0.3, 0.4) is 0 Å². The van der Waals surface area contributed by atoms with Gasteiger partial charge in [-0.1, -0.05) is 11.6 Å². The molecule has 0 atom stereocenters. The van der Waals surface area contributed by atoms with Crippen molar-refractivity contribution in [2.24, 2.45) is 0 Å². The van der Waals surface area contributed by atoms with E-state index >= 15 is 0 Å². The molecular weight excluding hydrogens is 229 g/mol. The van der Waals surface area contributed by atoms with Gasteiger partial charge >= 0.3 is 0 Å². The lowest BCUT2D eigenvalue weighted by Gasteiger charge is -2.36. The van der Waals surface area contributed by atoms with Crippen molar-refractivity contribution in [3.05, 3.63) is 29.0 Å². The molecule has 0 saturated heterocycles. The Morgan fingerprint density at radius 2 is 2.19 bits per heavy atom. The predicted molar refractivity (Wildman–Crippen MR) is 63.5 cm³/mol. The van der Waals surface area contributed by atoms with E-state index in [2.05, 4.69) is 5.32 Å². The smallest absolute Gasteiger partial charge is 0.126 e. The molecule has 2 rings (SSSR count). The zero-order valence-corrected chi connectivity index (χ0v) is 9.93. The SMILES string of the molecule is CCOC1CC(Nc2cc(F)cc(Cl)c2)C1. The number of hydrogen-bond acceptors (Lipinski definition) is 2. The second-order valence-corrected chi connectivity index (χ2v) is 4.48. The normalized spacial score (nSPS) is 23.9. The lowest BCUT2D eigenvalue weighted by Crippen LogP contribution is -2.40. The van der Waals surface area contributed by atoms with Crippen molar-refractivity contribution in [3.8, 4) is 0 Å². The average Bonchev–Trinajstić information content (AvgIpc) is 2.13. The molecule has 88 valence electrons. The van der Waals surface area contributed by atoms with E-state index in [9.17, 15) is 4.39 Å². The summed E-state index contributed by atoms with van der Waals surface area (Å²) in [6.07, 6.45) is 2.30. The second kappa shape index (κ2) is 5.02. The Hall–Kier alpha value is -0.800. The Kier molecular flexibility index (Phi) is 3.66. The monoisotopic (exact) mass is 243 g/mol. The third-order valence-electron chi connectivity index (χ3n) is 2.73. The van der Waals surface area contributed by atoms with Crippen molar-refractivity contribution < 1.29 is 9.13 Å². The summed E-state index contributed by atoms with van der Waals surface area (Å²) in [5.74, 6) is -0.310. The van der Waals surface area contributed by atoms with E-state index in [0.717, 1.165) is 25.1 Å². The summed E-state index contributed by atoms with van der Waals surface area (Å²) in [4.78, 5) is 0. The fraction of sp³-hybridized carbons (Fsp3) is 0.500. The van der Waals surface area contributed by atoms with Crippen LogP contribution >= 0.6 is 11.6 Å². The highest BCUT2D eigenvalue weighted by atomic mass is 35.5. The zero-order valence-electron chi connectivity index (χ0n) is 9.17. The third kappa shape index (κ3) is 2.86. The lowest BCUT2D eigenvalue weighted by atomic mass is 9.89.